The monoisotopic (exact) mass is 473 g/mol. The highest BCUT2D eigenvalue weighted by atomic mass is 32.2. The summed E-state index contributed by atoms with van der Waals surface area (Å²) in [6.07, 6.45) is -8.32. The van der Waals surface area contributed by atoms with E-state index < -0.39 is 52.6 Å². The molecule has 0 aromatic heterocycles. The third kappa shape index (κ3) is 6.32. The molecule has 0 aliphatic rings. The van der Waals surface area contributed by atoms with Gasteiger partial charge in [0, 0.05) is 19.4 Å². The average Bonchev–Trinajstić information content (AvgIpc) is 2.55. The van der Waals surface area contributed by atoms with Crippen molar-refractivity contribution in [1.82, 2.24) is 4.72 Å². The van der Waals surface area contributed by atoms with Crippen molar-refractivity contribution in [2.24, 2.45) is 0 Å². The number of halogens is 9. The molecule has 0 saturated heterocycles. The highest BCUT2D eigenvalue weighted by Gasteiger charge is 2.85. The number of nitrogens with zero attached hydrogens (tertiary/aromatic N) is 1. The standard InChI is InChI=1S/C13H22F9N2O4S/c1-24(2,7-4-9(26)8-25)6-3-5-23-29(27,28)13(21,22)11(16,17)10(14,15)12(18,19)20/h9,23,25-26H,3-8H2,1-2H3/q+1. The van der Waals surface area contributed by atoms with Crippen molar-refractivity contribution in [3.8, 4) is 0 Å². The zero-order valence-corrected chi connectivity index (χ0v) is 16.1. The van der Waals surface area contributed by atoms with Crippen LogP contribution in [0.15, 0.2) is 0 Å². The van der Waals surface area contributed by atoms with Gasteiger partial charge in [0.05, 0.1) is 39.9 Å². The lowest BCUT2D eigenvalue weighted by molar-refractivity contribution is -0.891. The molecule has 0 heterocycles. The van der Waals surface area contributed by atoms with Crippen LogP contribution in [0.4, 0.5) is 39.5 Å². The smallest absolute Gasteiger partial charge is 0.394 e. The Bertz CT molecular complexity index is 639. The quantitative estimate of drug-likeness (QED) is 0.228. The number of aliphatic hydroxyl groups is 2. The van der Waals surface area contributed by atoms with Crippen LogP contribution < -0.4 is 4.72 Å². The van der Waals surface area contributed by atoms with Gasteiger partial charge in [0.2, 0.25) is 0 Å². The summed E-state index contributed by atoms with van der Waals surface area (Å²) in [5, 5.41) is 11.2. The van der Waals surface area contributed by atoms with Crippen LogP contribution in [-0.2, 0) is 10.0 Å². The summed E-state index contributed by atoms with van der Waals surface area (Å²) in [5.41, 5.74) is 0. The van der Waals surface area contributed by atoms with E-state index in [9.17, 15) is 53.0 Å². The molecule has 29 heavy (non-hydrogen) atoms. The first-order valence-electron chi connectivity index (χ1n) is 7.96. The van der Waals surface area contributed by atoms with Gasteiger partial charge in [-0.25, -0.2) is 13.1 Å². The second kappa shape index (κ2) is 9.11. The second-order valence-corrected chi connectivity index (χ2v) is 8.73. The maximum Gasteiger partial charge on any atom is 0.460 e. The number of sulfonamides is 1. The number of hydrogen-bond acceptors (Lipinski definition) is 4. The average molecular weight is 473 g/mol. The lowest BCUT2D eigenvalue weighted by Gasteiger charge is -2.33. The lowest BCUT2D eigenvalue weighted by Crippen LogP contribution is -2.65. The molecule has 0 spiro atoms. The summed E-state index contributed by atoms with van der Waals surface area (Å²) in [7, 11) is -3.48. The molecule has 0 amide bonds. The van der Waals surface area contributed by atoms with Crippen molar-refractivity contribution >= 4 is 10.0 Å². The van der Waals surface area contributed by atoms with Gasteiger partial charge in [-0.2, -0.15) is 39.5 Å². The van der Waals surface area contributed by atoms with E-state index in [1.54, 1.807) is 14.1 Å². The predicted octanol–water partition coefficient (Wildman–Crippen LogP) is 1.54. The highest BCUT2D eigenvalue weighted by molar-refractivity contribution is 7.90. The Kier molecular flexibility index (Phi) is 8.85. The minimum atomic E-state index is -7.30. The van der Waals surface area contributed by atoms with Gasteiger partial charge >= 0.3 is 23.3 Å². The fourth-order valence-corrected chi connectivity index (χ4v) is 3.10. The molecular weight excluding hydrogens is 451 g/mol. The van der Waals surface area contributed by atoms with E-state index >= 15 is 0 Å². The predicted molar refractivity (Wildman–Crippen MR) is 82.0 cm³/mol. The fraction of sp³-hybridized carbons (Fsp3) is 1.00. The summed E-state index contributed by atoms with van der Waals surface area (Å²) in [6.45, 7) is -1.21. The number of nitrogens with one attached hydrogen (secondary N) is 1. The van der Waals surface area contributed by atoms with E-state index in [0.29, 0.717) is 0 Å². The number of quaternary nitrogens is 1. The molecule has 0 radical (unpaired) electrons. The lowest BCUT2D eigenvalue weighted by atomic mass is 10.1. The Morgan fingerprint density at radius 3 is 1.83 bits per heavy atom. The molecule has 0 aliphatic heterocycles. The number of alkyl halides is 9. The van der Waals surface area contributed by atoms with E-state index in [0.717, 1.165) is 4.72 Å². The van der Waals surface area contributed by atoms with E-state index in [1.165, 1.54) is 0 Å². The molecule has 3 N–H and O–H groups in total. The van der Waals surface area contributed by atoms with Crippen LogP contribution in [0.25, 0.3) is 0 Å². The Morgan fingerprint density at radius 1 is 0.931 bits per heavy atom. The van der Waals surface area contributed by atoms with E-state index in [1.807, 2.05) is 0 Å². The van der Waals surface area contributed by atoms with Gasteiger partial charge in [0.15, 0.2) is 0 Å². The number of hydrogen-bond donors (Lipinski definition) is 3. The largest absolute Gasteiger partial charge is 0.460 e. The highest BCUT2D eigenvalue weighted by Crippen LogP contribution is 2.54. The van der Waals surface area contributed by atoms with Crippen molar-refractivity contribution in [2.45, 2.75) is 42.2 Å². The summed E-state index contributed by atoms with van der Waals surface area (Å²) < 4.78 is 139. The Morgan fingerprint density at radius 2 is 1.41 bits per heavy atom. The molecule has 0 rings (SSSR count). The Hall–Kier alpha value is -0.840. The molecule has 0 saturated carbocycles. The first-order valence-corrected chi connectivity index (χ1v) is 9.45. The van der Waals surface area contributed by atoms with Crippen LogP contribution in [-0.4, -0.2) is 92.8 Å². The Balaban J connectivity index is 5.10. The Labute approximate surface area is 160 Å². The SMILES string of the molecule is C[N+](C)(CCCNS(=O)(=O)C(F)(F)C(F)(F)C(F)(F)C(F)(F)F)CCC(O)CO. The molecule has 1 unspecified atom stereocenters. The molecule has 0 bridgehead atoms. The maximum absolute atomic E-state index is 13.5. The van der Waals surface area contributed by atoms with Gasteiger partial charge in [-0.1, -0.05) is 0 Å². The second-order valence-electron chi connectivity index (χ2n) is 6.92. The molecule has 0 fully saturated rings. The third-order valence-corrected chi connectivity index (χ3v) is 5.48. The molecule has 16 heteroatoms. The van der Waals surface area contributed by atoms with Gasteiger partial charge in [-0.15, -0.1) is 0 Å². The third-order valence-electron chi connectivity index (χ3n) is 3.96. The molecule has 1 atom stereocenters. The van der Waals surface area contributed by atoms with Gasteiger partial charge in [0.1, 0.15) is 0 Å². The van der Waals surface area contributed by atoms with Crippen LogP contribution >= 0.6 is 0 Å². The van der Waals surface area contributed by atoms with E-state index in [4.69, 9.17) is 5.11 Å². The first kappa shape index (κ1) is 28.2. The fourth-order valence-electron chi connectivity index (χ4n) is 2.04. The minimum Gasteiger partial charge on any atom is -0.394 e. The van der Waals surface area contributed by atoms with Crippen LogP contribution in [0.3, 0.4) is 0 Å². The van der Waals surface area contributed by atoms with Crippen molar-refractivity contribution < 1.29 is 62.6 Å². The normalized spacial score (nSPS) is 16.2. The van der Waals surface area contributed by atoms with Crippen LogP contribution in [0, 0.1) is 0 Å². The van der Waals surface area contributed by atoms with E-state index in [2.05, 4.69) is 0 Å². The molecule has 0 aromatic carbocycles. The van der Waals surface area contributed by atoms with Crippen molar-refractivity contribution in [1.29, 1.82) is 0 Å². The maximum atomic E-state index is 13.5. The molecular formula is C13H22F9N2O4S+. The van der Waals surface area contributed by atoms with Crippen molar-refractivity contribution in [3.63, 3.8) is 0 Å². The van der Waals surface area contributed by atoms with Gasteiger partial charge in [0.25, 0.3) is 10.0 Å². The van der Waals surface area contributed by atoms with Crippen LogP contribution in [0.2, 0.25) is 0 Å². The zero-order chi connectivity index (χ0) is 23.5. The molecule has 6 nitrogen and oxygen atoms in total. The van der Waals surface area contributed by atoms with Gasteiger partial charge in [-0.05, 0) is 0 Å². The first-order chi connectivity index (χ1) is 12.7. The van der Waals surface area contributed by atoms with Crippen molar-refractivity contribution in [2.75, 3.05) is 40.3 Å². The summed E-state index contributed by atoms with van der Waals surface area (Å²) in [5.74, 6) is -14.6. The topological polar surface area (TPSA) is 86.6 Å². The van der Waals surface area contributed by atoms with Crippen molar-refractivity contribution in [3.05, 3.63) is 0 Å². The summed E-state index contributed by atoms with van der Waals surface area (Å²) in [4.78, 5) is 0. The van der Waals surface area contributed by atoms with Crippen LogP contribution in [0.5, 0.6) is 0 Å². The molecule has 176 valence electrons. The van der Waals surface area contributed by atoms with Gasteiger partial charge < -0.3 is 14.7 Å². The molecule has 0 aliphatic carbocycles. The number of rotatable bonds is 12. The number of aliphatic hydroxyl groups excluding tert-OH is 2. The minimum absolute atomic E-state index is 0.0291. The summed E-state index contributed by atoms with van der Waals surface area (Å²) in [6, 6.07) is 0. The van der Waals surface area contributed by atoms with Gasteiger partial charge in [-0.3, -0.25) is 0 Å². The van der Waals surface area contributed by atoms with E-state index in [-0.39, 0.29) is 30.4 Å². The van der Waals surface area contributed by atoms with Crippen LogP contribution in [0.1, 0.15) is 12.8 Å². The molecule has 0 aromatic rings. The zero-order valence-electron chi connectivity index (χ0n) is 15.3. The summed E-state index contributed by atoms with van der Waals surface area (Å²) >= 11 is 0.